The van der Waals surface area contributed by atoms with Crippen molar-refractivity contribution in [1.29, 1.82) is 0 Å². The van der Waals surface area contributed by atoms with Gasteiger partial charge in [-0.1, -0.05) is 17.7 Å². The number of urea groups is 1. The van der Waals surface area contributed by atoms with Crippen molar-refractivity contribution in [2.45, 2.75) is 18.6 Å². The maximum absolute atomic E-state index is 13.3. The van der Waals surface area contributed by atoms with Gasteiger partial charge in [-0.15, -0.1) is 0 Å². The average molecular weight is 273 g/mol. The zero-order chi connectivity index (χ0) is 13.5. The maximum Gasteiger partial charge on any atom is 0.322 e. The second-order valence-corrected chi connectivity index (χ2v) is 4.59. The number of nitrogens with one attached hydrogen (secondary N) is 2. The molecule has 3 amide bonds. The van der Waals surface area contributed by atoms with E-state index in [0.29, 0.717) is 0 Å². The van der Waals surface area contributed by atoms with Gasteiger partial charge in [0.05, 0.1) is 5.02 Å². The third-order valence-corrected chi connectivity index (χ3v) is 3.18. The first-order chi connectivity index (χ1) is 8.34. The molecule has 1 heterocycles. The monoisotopic (exact) mass is 272 g/mol. The molecular weight excluding hydrogens is 263 g/mol. The second kappa shape index (κ2) is 4.22. The predicted molar refractivity (Wildman–Crippen MR) is 61.4 cm³/mol. The number of imide groups is 1. The normalized spacial score (nSPS) is 24.7. The number of rotatable bonds is 2. The fourth-order valence-electron chi connectivity index (χ4n) is 1.77. The number of hydrogen-bond donors (Lipinski definition) is 3. The minimum atomic E-state index is -1.53. The first kappa shape index (κ1) is 12.8. The van der Waals surface area contributed by atoms with Gasteiger partial charge in [0.15, 0.2) is 0 Å². The average Bonchev–Trinajstić information content (AvgIpc) is 2.56. The molecule has 0 aromatic heterocycles. The van der Waals surface area contributed by atoms with Crippen molar-refractivity contribution in [3.8, 4) is 0 Å². The molecule has 1 aromatic carbocycles. The van der Waals surface area contributed by atoms with Crippen LogP contribution in [0.2, 0.25) is 5.02 Å². The highest BCUT2D eigenvalue weighted by Gasteiger charge is 2.48. The maximum atomic E-state index is 13.3. The Bertz CT molecular complexity index is 537. The van der Waals surface area contributed by atoms with Crippen LogP contribution in [0.5, 0.6) is 0 Å². The van der Waals surface area contributed by atoms with E-state index in [4.69, 9.17) is 11.6 Å². The summed E-state index contributed by atoms with van der Waals surface area (Å²) in [7, 11) is 0. The Labute approximate surface area is 107 Å². The molecule has 2 rings (SSSR count). The number of amides is 3. The number of hydrogen-bond acceptors (Lipinski definition) is 3. The van der Waals surface area contributed by atoms with Crippen molar-refractivity contribution >= 4 is 23.5 Å². The smallest absolute Gasteiger partial charge is 0.322 e. The van der Waals surface area contributed by atoms with Gasteiger partial charge in [0.25, 0.3) is 5.91 Å². The van der Waals surface area contributed by atoms with E-state index in [2.05, 4.69) is 5.32 Å². The summed E-state index contributed by atoms with van der Waals surface area (Å²) in [6.07, 6.45) is -1.38. The van der Waals surface area contributed by atoms with Gasteiger partial charge < -0.3 is 10.4 Å². The molecule has 0 radical (unpaired) electrons. The van der Waals surface area contributed by atoms with Crippen molar-refractivity contribution in [3.05, 3.63) is 34.6 Å². The first-order valence-corrected chi connectivity index (χ1v) is 5.49. The third kappa shape index (κ3) is 1.93. The van der Waals surface area contributed by atoms with Gasteiger partial charge in [0.1, 0.15) is 17.5 Å². The standard InChI is InChI=1S/C11H10ClFN2O3/c1-11(9(17)14-10(18)15-11)8(16)5-2-3-6(12)7(13)4-5/h2-4,8,16H,1H3,(H2,14,15,17,18). The molecule has 1 aliphatic heterocycles. The van der Waals surface area contributed by atoms with Crippen LogP contribution in [0.15, 0.2) is 18.2 Å². The molecule has 2 unspecified atom stereocenters. The Kier molecular flexibility index (Phi) is 3.00. The van der Waals surface area contributed by atoms with Crippen molar-refractivity contribution < 1.29 is 19.1 Å². The summed E-state index contributed by atoms with van der Waals surface area (Å²) in [6, 6.07) is 2.98. The number of aliphatic hydroxyl groups is 1. The SMILES string of the molecule is CC1(C(O)c2ccc(Cl)c(F)c2)NC(=O)NC1=O. The summed E-state index contributed by atoms with van der Waals surface area (Å²) in [4.78, 5) is 22.7. The summed E-state index contributed by atoms with van der Waals surface area (Å²) in [6.45, 7) is 1.35. The Morgan fingerprint density at radius 1 is 1.44 bits per heavy atom. The van der Waals surface area contributed by atoms with Crippen LogP contribution in [0.4, 0.5) is 9.18 Å². The molecule has 0 spiro atoms. The number of carbonyl (C=O) groups is 2. The van der Waals surface area contributed by atoms with E-state index in [1.54, 1.807) is 0 Å². The number of carbonyl (C=O) groups excluding carboxylic acids is 2. The summed E-state index contributed by atoms with van der Waals surface area (Å²) >= 11 is 5.53. The van der Waals surface area contributed by atoms with Crippen LogP contribution < -0.4 is 10.6 Å². The lowest BCUT2D eigenvalue weighted by atomic mass is 9.89. The fraction of sp³-hybridized carbons (Fsp3) is 0.273. The van der Waals surface area contributed by atoms with Crippen LogP contribution in [0, 0.1) is 5.82 Å². The number of halogens is 2. The Morgan fingerprint density at radius 2 is 2.11 bits per heavy atom. The Morgan fingerprint density at radius 3 is 2.61 bits per heavy atom. The van der Waals surface area contributed by atoms with E-state index in [0.717, 1.165) is 6.07 Å². The predicted octanol–water partition coefficient (Wildman–Crippen LogP) is 1.11. The molecule has 7 heteroatoms. The summed E-state index contributed by atoms with van der Waals surface area (Å²) in [5.41, 5.74) is -1.38. The Hall–Kier alpha value is -1.66. The van der Waals surface area contributed by atoms with E-state index in [9.17, 15) is 19.1 Å². The van der Waals surface area contributed by atoms with Gasteiger partial charge in [0.2, 0.25) is 0 Å². The molecule has 5 nitrogen and oxygen atoms in total. The highest BCUT2D eigenvalue weighted by atomic mass is 35.5. The quantitative estimate of drug-likeness (QED) is 0.706. The van der Waals surface area contributed by atoms with Crippen LogP contribution in [0.25, 0.3) is 0 Å². The molecule has 0 bridgehead atoms. The molecule has 0 aliphatic carbocycles. The highest BCUT2D eigenvalue weighted by molar-refractivity contribution is 6.30. The van der Waals surface area contributed by atoms with E-state index in [1.165, 1.54) is 19.1 Å². The zero-order valence-corrected chi connectivity index (χ0v) is 10.1. The molecule has 18 heavy (non-hydrogen) atoms. The van der Waals surface area contributed by atoms with E-state index in [1.807, 2.05) is 5.32 Å². The number of benzene rings is 1. The molecule has 1 fully saturated rings. The summed E-state index contributed by atoms with van der Waals surface area (Å²) in [5.74, 6) is -1.38. The van der Waals surface area contributed by atoms with Gasteiger partial charge in [-0.2, -0.15) is 0 Å². The molecule has 96 valence electrons. The van der Waals surface area contributed by atoms with E-state index in [-0.39, 0.29) is 10.6 Å². The lowest BCUT2D eigenvalue weighted by Crippen LogP contribution is -2.49. The van der Waals surface area contributed by atoms with Crippen LogP contribution in [-0.4, -0.2) is 22.6 Å². The lowest BCUT2D eigenvalue weighted by Gasteiger charge is -2.27. The van der Waals surface area contributed by atoms with Crippen molar-refractivity contribution in [2.24, 2.45) is 0 Å². The van der Waals surface area contributed by atoms with Crippen LogP contribution in [0.3, 0.4) is 0 Å². The van der Waals surface area contributed by atoms with E-state index < -0.39 is 29.4 Å². The molecule has 0 saturated carbocycles. The first-order valence-electron chi connectivity index (χ1n) is 5.11. The molecule has 1 saturated heterocycles. The third-order valence-electron chi connectivity index (χ3n) is 2.88. The van der Waals surface area contributed by atoms with Crippen molar-refractivity contribution in [3.63, 3.8) is 0 Å². The highest BCUT2D eigenvalue weighted by Crippen LogP contribution is 2.30. The van der Waals surface area contributed by atoms with Crippen LogP contribution >= 0.6 is 11.6 Å². The van der Waals surface area contributed by atoms with Crippen molar-refractivity contribution in [2.75, 3.05) is 0 Å². The van der Waals surface area contributed by atoms with E-state index >= 15 is 0 Å². The minimum Gasteiger partial charge on any atom is -0.385 e. The van der Waals surface area contributed by atoms with Gasteiger partial charge in [0, 0.05) is 0 Å². The van der Waals surface area contributed by atoms with Crippen LogP contribution in [0.1, 0.15) is 18.6 Å². The zero-order valence-electron chi connectivity index (χ0n) is 9.33. The molecular formula is C11H10ClFN2O3. The summed E-state index contributed by atoms with van der Waals surface area (Å²) in [5, 5.41) is 14.3. The molecule has 1 aromatic rings. The summed E-state index contributed by atoms with van der Waals surface area (Å²) < 4.78 is 13.3. The minimum absolute atomic E-state index is 0.0870. The second-order valence-electron chi connectivity index (χ2n) is 4.19. The van der Waals surface area contributed by atoms with Gasteiger partial charge in [-0.3, -0.25) is 10.1 Å². The largest absolute Gasteiger partial charge is 0.385 e. The van der Waals surface area contributed by atoms with Crippen LogP contribution in [-0.2, 0) is 4.79 Å². The van der Waals surface area contributed by atoms with Gasteiger partial charge >= 0.3 is 6.03 Å². The fourth-order valence-corrected chi connectivity index (χ4v) is 1.88. The Balaban J connectivity index is 2.36. The molecule has 1 aliphatic rings. The van der Waals surface area contributed by atoms with Gasteiger partial charge in [-0.25, -0.2) is 9.18 Å². The molecule has 3 N–H and O–H groups in total. The topological polar surface area (TPSA) is 78.4 Å². The number of aliphatic hydroxyl groups excluding tert-OH is 1. The lowest BCUT2D eigenvalue weighted by molar-refractivity contribution is -0.127. The molecule has 2 atom stereocenters. The van der Waals surface area contributed by atoms with Crippen molar-refractivity contribution in [1.82, 2.24) is 10.6 Å². The van der Waals surface area contributed by atoms with Gasteiger partial charge in [-0.05, 0) is 24.6 Å².